The zero-order chi connectivity index (χ0) is 18.0. The van der Waals surface area contributed by atoms with Gasteiger partial charge in [-0.05, 0) is 15.9 Å². The highest BCUT2D eigenvalue weighted by Crippen LogP contribution is 2.39. The summed E-state index contributed by atoms with van der Waals surface area (Å²) in [6.45, 7) is 1.12. The normalized spacial score (nSPS) is 12.7. The Hall–Kier alpha value is -2.55. The van der Waals surface area contributed by atoms with Crippen LogP contribution in [0.3, 0.4) is 0 Å². The highest BCUT2D eigenvalue weighted by atomic mass is 79.9. The number of hydrogen-bond donors (Lipinski definition) is 1. The second-order valence-corrected chi connectivity index (χ2v) is 5.98. The third-order valence-electron chi connectivity index (χ3n) is 3.80. The minimum Gasteiger partial charge on any atom is -0.491 e. The maximum absolute atomic E-state index is 5.80. The summed E-state index contributed by atoms with van der Waals surface area (Å²) in [5.74, 6) is 2.49. The van der Waals surface area contributed by atoms with Gasteiger partial charge in [0.25, 0.3) is 0 Å². The van der Waals surface area contributed by atoms with Crippen LogP contribution < -0.4 is 24.8 Å². The SMILES string of the molecule is COc1cnc(CN2CC=Cc3c(Br)nc(N)nc32)c(OC)c1OC. The van der Waals surface area contributed by atoms with Gasteiger partial charge >= 0.3 is 0 Å². The van der Waals surface area contributed by atoms with Crippen LogP contribution in [0.4, 0.5) is 11.8 Å². The number of methoxy groups -OCH3 is 3. The molecule has 2 N–H and O–H groups in total. The lowest BCUT2D eigenvalue weighted by atomic mass is 10.2. The van der Waals surface area contributed by atoms with Crippen LogP contribution in [-0.4, -0.2) is 42.8 Å². The van der Waals surface area contributed by atoms with Crippen LogP contribution in [0.5, 0.6) is 17.2 Å². The molecule has 0 saturated carbocycles. The standard InChI is InChI=1S/C16H18BrN5O3/c1-23-11-7-19-10(12(24-2)13(11)25-3)8-22-6-4-5-9-14(17)20-16(18)21-15(9)22/h4-5,7H,6,8H2,1-3H3,(H2,18,20,21). The van der Waals surface area contributed by atoms with Crippen LogP contribution >= 0.6 is 15.9 Å². The minimum atomic E-state index is 0.207. The van der Waals surface area contributed by atoms with Gasteiger partial charge in [-0.15, -0.1) is 0 Å². The molecule has 8 nitrogen and oxygen atoms in total. The fourth-order valence-electron chi connectivity index (χ4n) is 2.69. The molecular formula is C16H18BrN5O3. The maximum Gasteiger partial charge on any atom is 0.223 e. The Balaban J connectivity index is 2.01. The van der Waals surface area contributed by atoms with E-state index in [-0.39, 0.29) is 5.95 Å². The molecule has 2 aromatic rings. The molecule has 132 valence electrons. The van der Waals surface area contributed by atoms with E-state index in [1.165, 1.54) is 0 Å². The number of ether oxygens (including phenoxy) is 3. The molecule has 0 spiro atoms. The van der Waals surface area contributed by atoms with Crippen LogP contribution in [0.1, 0.15) is 11.3 Å². The van der Waals surface area contributed by atoms with Gasteiger partial charge in [0.2, 0.25) is 11.7 Å². The van der Waals surface area contributed by atoms with Crippen LogP contribution in [0, 0.1) is 0 Å². The Morgan fingerprint density at radius 1 is 1.16 bits per heavy atom. The van der Waals surface area contributed by atoms with Crippen molar-refractivity contribution in [3.63, 3.8) is 0 Å². The van der Waals surface area contributed by atoms with Gasteiger partial charge in [0.05, 0.1) is 34.1 Å². The number of aromatic nitrogens is 3. The minimum absolute atomic E-state index is 0.207. The summed E-state index contributed by atoms with van der Waals surface area (Å²) in [6, 6.07) is 0. The smallest absolute Gasteiger partial charge is 0.223 e. The average Bonchev–Trinajstić information content (AvgIpc) is 2.61. The topological polar surface area (TPSA) is 95.6 Å². The predicted molar refractivity (Wildman–Crippen MR) is 98.1 cm³/mol. The summed E-state index contributed by atoms with van der Waals surface area (Å²) < 4.78 is 16.9. The fourth-order valence-corrected chi connectivity index (χ4v) is 3.19. The number of rotatable bonds is 5. The van der Waals surface area contributed by atoms with Crippen molar-refractivity contribution in [2.75, 3.05) is 38.5 Å². The van der Waals surface area contributed by atoms with E-state index >= 15 is 0 Å². The van der Waals surface area contributed by atoms with E-state index in [0.717, 1.165) is 11.4 Å². The van der Waals surface area contributed by atoms with E-state index in [1.807, 2.05) is 17.1 Å². The predicted octanol–water partition coefficient (Wildman–Crippen LogP) is 2.28. The molecule has 9 heteroatoms. The molecule has 25 heavy (non-hydrogen) atoms. The lowest BCUT2D eigenvalue weighted by molar-refractivity contribution is 0.319. The van der Waals surface area contributed by atoms with Crippen LogP contribution in [-0.2, 0) is 6.54 Å². The molecule has 0 fully saturated rings. The first-order chi connectivity index (χ1) is 12.1. The summed E-state index contributed by atoms with van der Waals surface area (Å²) in [5.41, 5.74) is 7.38. The molecule has 0 aromatic carbocycles. The fraction of sp³-hybridized carbons (Fsp3) is 0.312. The molecule has 0 unspecified atom stereocenters. The van der Waals surface area contributed by atoms with Crippen molar-refractivity contribution >= 4 is 33.8 Å². The van der Waals surface area contributed by atoms with Crippen molar-refractivity contribution in [2.24, 2.45) is 0 Å². The number of hydrogen-bond acceptors (Lipinski definition) is 8. The molecule has 0 saturated heterocycles. The number of nitrogens with two attached hydrogens (primary N) is 1. The third-order valence-corrected chi connectivity index (χ3v) is 4.41. The van der Waals surface area contributed by atoms with E-state index in [1.54, 1.807) is 27.5 Å². The van der Waals surface area contributed by atoms with Gasteiger partial charge in [0, 0.05) is 12.1 Å². The first-order valence-electron chi connectivity index (χ1n) is 7.47. The molecule has 2 aromatic heterocycles. The Morgan fingerprint density at radius 2 is 1.92 bits per heavy atom. The zero-order valence-corrected chi connectivity index (χ0v) is 15.7. The molecule has 0 bridgehead atoms. The Bertz CT molecular complexity index is 828. The Labute approximate surface area is 153 Å². The van der Waals surface area contributed by atoms with E-state index in [2.05, 4.69) is 30.9 Å². The number of nitrogen functional groups attached to an aromatic ring is 1. The third kappa shape index (κ3) is 3.19. The molecule has 0 aliphatic carbocycles. The van der Waals surface area contributed by atoms with Gasteiger partial charge in [0.1, 0.15) is 16.1 Å². The van der Waals surface area contributed by atoms with Gasteiger partial charge in [-0.25, -0.2) is 4.98 Å². The Kier molecular flexibility index (Phi) is 4.93. The van der Waals surface area contributed by atoms with Gasteiger partial charge in [0.15, 0.2) is 11.5 Å². The lowest BCUT2D eigenvalue weighted by Gasteiger charge is -2.27. The van der Waals surface area contributed by atoms with E-state index in [0.29, 0.717) is 40.6 Å². The monoisotopic (exact) mass is 407 g/mol. The van der Waals surface area contributed by atoms with Gasteiger partial charge in [-0.2, -0.15) is 4.98 Å². The van der Waals surface area contributed by atoms with Crippen molar-refractivity contribution in [3.05, 3.63) is 28.1 Å². The van der Waals surface area contributed by atoms with E-state index in [4.69, 9.17) is 19.9 Å². The van der Waals surface area contributed by atoms with Crippen LogP contribution in [0.2, 0.25) is 0 Å². The quantitative estimate of drug-likeness (QED) is 0.753. The zero-order valence-electron chi connectivity index (χ0n) is 14.1. The molecule has 3 rings (SSSR count). The summed E-state index contributed by atoms with van der Waals surface area (Å²) in [6.07, 6.45) is 5.61. The average molecular weight is 408 g/mol. The summed E-state index contributed by atoms with van der Waals surface area (Å²) in [5, 5.41) is 0. The molecule has 1 aliphatic rings. The molecule has 0 amide bonds. The molecule has 0 radical (unpaired) electrons. The largest absolute Gasteiger partial charge is 0.491 e. The first kappa shape index (κ1) is 17.3. The second-order valence-electron chi connectivity index (χ2n) is 5.23. The summed E-state index contributed by atoms with van der Waals surface area (Å²) in [7, 11) is 4.69. The number of fused-ring (bicyclic) bond motifs is 1. The van der Waals surface area contributed by atoms with E-state index in [9.17, 15) is 0 Å². The molecular weight excluding hydrogens is 390 g/mol. The van der Waals surface area contributed by atoms with Crippen molar-refractivity contribution in [1.82, 2.24) is 15.0 Å². The molecule has 1 aliphatic heterocycles. The van der Waals surface area contributed by atoms with Crippen molar-refractivity contribution in [2.45, 2.75) is 6.54 Å². The molecule has 0 atom stereocenters. The number of pyridine rings is 1. The highest BCUT2D eigenvalue weighted by molar-refractivity contribution is 9.10. The van der Waals surface area contributed by atoms with Crippen molar-refractivity contribution < 1.29 is 14.2 Å². The van der Waals surface area contributed by atoms with Gasteiger partial charge < -0.3 is 24.8 Å². The summed E-state index contributed by atoms with van der Waals surface area (Å²) >= 11 is 3.43. The molecule has 3 heterocycles. The second kappa shape index (κ2) is 7.14. The highest BCUT2D eigenvalue weighted by Gasteiger charge is 2.23. The van der Waals surface area contributed by atoms with Gasteiger partial charge in [-0.3, -0.25) is 4.98 Å². The number of halogens is 1. The summed E-state index contributed by atoms with van der Waals surface area (Å²) in [4.78, 5) is 15.0. The number of anilines is 2. The van der Waals surface area contributed by atoms with Crippen molar-refractivity contribution in [1.29, 1.82) is 0 Å². The van der Waals surface area contributed by atoms with Crippen LogP contribution in [0.15, 0.2) is 16.9 Å². The maximum atomic E-state index is 5.80. The number of nitrogens with zero attached hydrogens (tertiary/aromatic N) is 4. The Morgan fingerprint density at radius 3 is 2.60 bits per heavy atom. The van der Waals surface area contributed by atoms with E-state index < -0.39 is 0 Å². The first-order valence-corrected chi connectivity index (χ1v) is 8.26. The lowest BCUT2D eigenvalue weighted by Crippen LogP contribution is -2.28. The van der Waals surface area contributed by atoms with Crippen LogP contribution in [0.25, 0.3) is 6.08 Å². The van der Waals surface area contributed by atoms with Gasteiger partial charge in [-0.1, -0.05) is 12.2 Å². The van der Waals surface area contributed by atoms with Crippen molar-refractivity contribution in [3.8, 4) is 17.2 Å².